The molecule has 0 atom stereocenters. The summed E-state index contributed by atoms with van der Waals surface area (Å²) in [7, 11) is 0. The third-order valence-corrected chi connectivity index (χ3v) is 4.77. The van der Waals surface area contributed by atoms with Crippen molar-refractivity contribution in [1.82, 2.24) is 0 Å². The highest BCUT2D eigenvalue weighted by atomic mass is 16.5. The van der Waals surface area contributed by atoms with Gasteiger partial charge in [0.15, 0.2) is 0 Å². The molecule has 28 heavy (non-hydrogen) atoms. The summed E-state index contributed by atoms with van der Waals surface area (Å²) >= 11 is 0. The highest BCUT2D eigenvalue weighted by molar-refractivity contribution is 5.75. The summed E-state index contributed by atoms with van der Waals surface area (Å²) in [6.45, 7) is 4.61. The standard InChI is InChI=1S/C24H32O4/c1-3-13-23-21(11-1)22-12-2-4-14-24(22)28-20-10-8-18-26-16-6-5-15-25-17-7-9-19-27-23/h1-4,11-14H,5-10,15-20H2. The van der Waals surface area contributed by atoms with E-state index in [2.05, 4.69) is 12.1 Å². The van der Waals surface area contributed by atoms with Gasteiger partial charge in [-0.05, 0) is 50.7 Å². The molecule has 0 spiro atoms. The van der Waals surface area contributed by atoms with Gasteiger partial charge in [-0.2, -0.15) is 0 Å². The normalized spacial score (nSPS) is 18.0. The van der Waals surface area contributed by atoms with E-state index in [9.17, 15) is 0 Å². The Bertz CT molecular complexity index is 626. The molecule has 3 rings (SSSR count). The summed E-state index contributed by atoms with van der Waals surface area (Å²) in [6.07, 6.45) is 6.11. The van der Waals surface area contributed by atoms with E-state index >= 15 is 0 Å². The van der Waals surface area contributed by atoms with Crippen molar-refractivity contribution in [2.24, 2.45) is 0 Å². The summed E-state index contributed by atoms with van der Waals surface area (Å²) in [6, 6.07) is 16.4. The van der Waals surface area contributed by atoms with Crippen LogP contribution in [0.25, 0.3) is 11.1 Å². The number of rotatable bonds is 0. The molecule has 2 aromatic rings. The highest BCUT2D eigenvalue weighted by Crippen LogP contribution is 2.36. The smallest absolute Gasteiger partial charge is 0.127 e. The summed E-state index contributed by atoms with van der Waals surface area (Å²) < 4.78 is 23.6. The van der Waals surface area contributed by atoms with Crippen molar-refractivity contribution in [3.63, 3.8) is 0 Å². The number of para-hydroxylation sites is 2. The summed E-state index contributed by atoms with van der Waals surface area (Å²) in [5.41, 5.74) is 2.15. The molecular formula is C24H32O4. The summed E-state index contributed by atoms with van der Waals surface area (Å²) in [5, 5.41) is 0. The van der Waals surface area contributed by atoms with Crippen molar-refractivity contribution in [3.8, 4) is 22.6 Å². The zero-order valence-corrected chi connectivity index (χ0v) is 16.7. The van der Waals surface area contributed by atoms with Crippen molar-refractivity contribution in [1.29, 1.82) is 0 Å². The Morgan fingerprint density at radius 2 is 0.786 bits per heavy atom. The van der Waals surface area contributed by atoms with Crippen molar-refractivity contribution >= 4 is 0 Å². The molecule has 1 aliphatic rings. The van der Waals surface area contributed by atoms with Gasteiger partial charge in [0.25, 0.3) is 0 Å². The second kappa shape index (κ2) is 12.4. The fourth-order valence-corrected chi connectivity index (χ4v) is 3.22. The van der Waals surface area contributed by atoms with Crippen LogP contribution in [-0.2, 0) is 9.47 Å². The Kier molecular flexibility index (Phi) is 9.18. The first-order chi connectivity index (χ1) is 13.9. The minimum atomic E-state index is 0.692. The molecule has 1 heterocycles. The van der Waals surface area contributed by atoms with E-state index in [1.165, 1.54) is 0 Å². The Balaban J connectivity index is 1.68. The molecule has 4 nitrogen and oxygen atoms in total. The lowest BCUT2D eigenvalue weighted by Crippen LogP contribution is -2.05. The van der Waals surface area contributed by atoms with E-state index in [0.29, 0.717) is 13.2 Å². The zero-order chi connectivity index (χ0) is 19.3. The Morgan fingerprint density at radius 3 is 1.21 bits per heavy atom. The van der Waals surface area contributed by atoms with E-state index in [0.717, 1.165) is 87.6 Å². The van der Waals surface area contributed by atoms with Gasteiger partial charge in [0.2, 0.25) is 0 Å². The molecule has 0 amide bonds. The van der Waals surface area contributed by atoms with Gasteiger partial charge in [-0.25, -0.2) is 0 Å². The van der Waals surface area contributed by atoms with Gasteiger partial charge in [-0.15, -0.1) is 0 Å². The third kappa shape index (κ3) is 6.84. The molecule has 0 unspecified atom stereocenters. The molecule has 2 aromatic carbocycles. The van der Waals surface area contributed by atoms with Crippen LogP contribution in [0, 0.1) is 0 Å². The van der Waals surface area contributed by atoms with Crippen LogP contribution in [-0.4, -0.2) is 39.6 Å². The van der Waals surface area contributed by atoms with Gasteiger partial charge in [0.1, 0.15) is 11.5 Å². The topological polar surface area (TPSA) is 36.9 Å². The lowest BCUT2D eigenvalue weighted by atomic mass is 10.0. The van der Waals surface area contributed by atoms with Gasteiger partial charge < -0.3 is 18.9 Å². The predicted molar refractivity (Wildman–Crippen MR) is 112 cm³/mol. The zero-order valence-electron chi connectivity index (χ0n) is 16.7. The number of benzene rings is 2. The molecule has 0 aromatic heterocycles. The molecule has 0 radical (unpaired) electrons. The minimum Gasteiger partial charge on any atom is -0.493 e. The van der Waals surface area contributed by atoms with Gasteiger partial charge in [-0.3, -0.25) is 0 Å². The van der Waals surface area contributed by atoms with E-state index in [4.69, 9.17) is 18.9 Å². The lowest BCUT2D eigenvalue weighted by molar-refractivity contribution is 0.0967. The molecule has 0 saturated carbocycles. The van der Waals surface area contributed by atoms with Crippen LogP contribution in [0.1, 0.15) is 38.5 Å². The number of fused-ring (bicyclic) bond motifs is 3. The average molecular weight is 385 g/mol. The third-order valence-electron chi connectivity index (χ3n) is 4.77. The predicted octanol–water partition coefficient (Wildman–Crippen LogP) is 5.50. The van der Waals surface area contributed by atoms with E-state index in [-0.39, 0.29) is 0 Å². The van der Waals surface area contributed by atoms with Gasteiger partial charge >= 0.3 is 0 Å². The molecule has 1 aliphatic heterocycles. The molecule has 152 valence electrons. The molecule has 4 heteroatoms. The fraction of sp³-hybridized carbons (Fsp3) is 0.500. The Morgan fingerprint density at radius 1 is 0.429 bits per heavy atom. The average Bonchev–Trinajstić information content (AvgIpc) is 2.73. The molecule has 0 aliphatic carbocycles. The number of ether oxygens (including phenoxy) is 4. The van der Waals surface area contributed by atoms with Gasteiger partial charge in [-0.1, -0.05) is 36.4 Å². The first-order valence-corrected chi connectivity index (χ1v) is 10.5. The Labute approximate surface area is 168 Å². The van der Waals surface area contributed by atoms with Crippen LogP contribution < -0.4 is 9.47 Å². The number of hydrogen-bond acceptors (Lipinski definition) is 4. The van der Waals surface area contributed by atoms with E-state index < -0.39 is 0 Å². The van der Waals surface area contributed by atoms with E-state index in [1.807, 2.05) is 36.4 Å². The van der Waals surface area contributed by atoms with Crippen molar-refractivity contribution < 1.29 is 18.9 Å². The van der Waals surface area contributed by atoms with Crippen molar-refractivity contribution in [2.45, 2.75) is 38.5 Å². The van der Waals surface area contributed by atoms with Gasteiger partial charge in [0, 0.05) is 37.6 Å². The van der Waals surface area contributed by atoms with Crippen LogP contribution in [0.4, 0.5) is 0 Å². The largest absolute Gasteiger partial charge is 0.493 e. The van der Waals surface area contributed by atoms with Crippen LogP contribution >= 0.6 is 0 Å². The SMILES string of the molecule is c1ccc2c(c1)OCCCCOCCCCOCCCCOc1ccccc1-2. The van der Waals surface area contributed by atoms with Crippen LogP contribution in [0.2, 0.25) is 0 Å². The first-order valence-electron chi connectivity index (χ1n) is 10.5. The fourth-order valence-electron chi connectivity index (χ4n) is 3.22. The van der Waals surface area contributed by atoms with Gasteiger partial charge in [0.05, 0.1) is 13.2 Å². The summed E-state index contributed by atoms with van der Waals surface area (Å²) in [4.78, 5) is 0. The minimum absolute atomic E-state index is 0.692. The number of hydrogen-bond donors (Lipinski definition) is 0. The maximum atomic E-state index is 6.10. The van der Waals surface area contributed by atoms with Crippen molar-refractivity contribution in [3.05, 3.63) is 48.5 Å². The quantitative estimate of drug-likeness (QED) is 0.601. The highest BCUT2D eigenvalue weighted by Gasteiger charge is 2.11. The molecule has 0 fully saturated rings. The van der Waals surface area contributed by atoms with Crippen LogP contribution in [0.15, 0.2) is 48.5 Å². The van der Waals surface area contributed by atoms with Crippen LogP contribution in [0.5, 0.6) is 11.5 Å². The lowest BCUT2D eigenvalue weighted by Gasteiger charge is -2.15. The molecule has 0 bridgehead atoms. The maximum Gasteiger partial charge on any atom is 0.127 e. The maximum absolute atomic E-state index is 6.10. The Hall–Kier alpha value is -2.04. The second-order valence-electron chi connectivity index (χ2n) is 7.04. The second-order valence-corrected chi connectivity index (χ2v) is 7.04. The molecule has 0 saturated heterocycles. The first kappa shape index (κ1) is 20.7. The van der Waals surface area contributed by atoms with Crippen molar-refractivity contribution in [2.75, 3.05) is 39.6 Å². The monoisotopic (exact) mass is 384 g/mol. The molecular weight excluding hydrogens is 352 g/mol. The van der Waals surface area contributed by atoms with Crippen LogP contribution in [0.3, 0.4) is 0 Å². The summed E-state index contributed by atoms with van der Waals surface area (Å²) in [5.74, 6) is 1.81. The van der Waals surface area contributed by atoms with E-state index in [1.54, 1.807) is 0 Å². The molecule has 0 N–H and O–H groups in total.